The lowest BCUT2D eigenvalue weighted by Crippen LogP contribution is -2.43. The Labute approximate surface area is 111 Å². The minimum Gasteiger partial charge on any atom is -0.480 e. The molecule has 1 aromatic rings. The van der Waals surface area contributed by atoms with E-state index in [4.69, 9.17) is 5.11 Å². The molecule has 0 bridgehead atoms. The van der Waals surface area contributed by atoms with Crippen molar-refractivity contribution in [2.45, 2.75) is 32.2 Å². The Morgan fingerprint density at radius 3 is 2.84 bits per heavy atom. The number of nitrogens with one attached hydrogen (secondary N) is 2. The number of hydrogen-bond acceptors (Lipinski definition) is 3. The second-order valence-electron chi connectivity index (χ2n) is 4.86. The van der Waals surface area contributed by atoms with Gasteiger partial charge in [0, 0.05) is 6.20 Å². The molecule has 6 heteroatoms. The Morgan fingerprint density at radius 1 is 1.53 bits per heavy atom. The van der Waals surface area contributed by atoms with Crippen molar-refractivity contribution in [3.63, 3.8) is 0 Å². The van der Waals surface area contributed by atoms with E-state index < -0.39 is 18.0 Å². The van der Waals surface area contributed by atoms with E-state index in [2.05, 4.69) is 15.6 Å². The van der Waals surface area contributed by atoms with Gasteiger partial charge in [-0.25, -0.2) is 9.59 Å². The van der Waals surface area contributed by atoms with Crippen LogP contribution >= 0.6 is 0 Å². The van der Waals surface area contributed by atoms with Crippen LogP contribution in [0, 0.1) is 12.8 Å². The maximum atomic E-state index is 11.8. The normalized spacial score (nSPS) is 15.6. The summed E-state index contributed by atoms with van der Waals surface area (Å²) in [6, 6.07) is 0.433. The van der Waals surface area contributed by atoms with Gasteiger partial charge in [0.05, 0.1) is 11.9 Å². The van der Waals surface area contributed by atoms with Gasteiger partial charge in [-0.1, -0.05) is 12.8 Å². The standard InChI is InChI=1S/C13H17N3O3/c1-8-4-5-14-7-11(8)16-13(19)15-10(12(17)18)6-9-2-3-9/h4-5,7,9-10H,2-3,6H2,1H3,(H,17,18)(H2,15,16,19). The third-order valence-corrected chi connectivity index (χ3v) is 3.16. The molecule has 2 amide bonds. The molecule has 1 aliphatic rings. The van der Waals surface area contributed by atoms with Crippen molar-refractivity contribution in [1.29, 1.82) is 0 Å². The summed E-state index contributed by atoms with van der Waals surface area (Å²) in [6.45, 7) is 1.84. The van der Waals surface area contributed by atoms with Crippen LogP contribution in [0.5, 0.6) is 0 Å². The van der Waals surface area contributed by atoms with Crippen LogP contribution < -0.4 is 10.6 Å². The highest BCUT2D eigenvalue weighted by atomic mass is 16.4. The van der Waals surface area contributed by atoms with Gasteiger partial charge in [0.25, 0.3) is 0 Å². The number of pyridine rings is 1. The maximum absolute atomic E-state index is 11.8. The summed E-state index contributed by atoms with van der Waals surface area (Å²) < 4.78 is 0. The second kappa shape index (κ2) is 5.69. The highest BCUT2D eigenvalue weighted by Gasteiger charge is 2.30. The topological polar surface area (TPSA) is 91.3 Å². The summed E-state index contributed by atoms with van der Waals surface area (Å²) in [5, 5.41) is 14.2. The molecule has 1 atom stereocenters. The lowest BCUT2D eigenvalue weighted by atomic mass is 10.1. The SMILES string of the molecule is Cc1ccncc1NC(=O)NC(CC1CC1)C(=O)O. The monoisotopic (exact) mass is 263 g/mol. The number of aromatic nitrogens is 1. The molecule has 102 valence electrons. The van der Waals surface area contributed by atoms with Crippen molar-refractivity contribution in [3.8, 4) is 0 Å². The smallest absolute Gasteiger partial charge is 0.326 e. The van der Waals surface area contributed by atoms with Crippen LogP contribution in [0.25, 0.3) is 0 Å². The average molecular weight is 263 g/mol. The predicted molar refractivity (Wildman–Crippen MR) is 69.9 cm³/mol. The molecule has 2 rings (SSSR count). The summed E-state index contributed by atoms with van der Waals surface area (Å²) >= 11 is 0. The highest BCUT2D eigenvalue weighted by Crippen LogP contribution is 2.33. The summed E-state index contributed by atoms with van der Waals surface area (Å²) in [5.74, 6) is -0.563. The van der Waals surface area contributed by atoms with Crippen molar-refractivity contribution >= 4 is 17.7 Å². The van der Waals surface area contributed by atoms with E-state index in [0.717, 1.165) is 18.4 Å². The molecular weight excluding hydrogens is 246 g/mol. The molecule has 1 unspecified atom stereocenters. The zero-order chi connectivity index (χ0) is 13.8. The number of carboxylic acids is 1. The molecule has 3 N–H and O–H groups in total. The molecule has 1 heterocycles. The number of nitrogens with zero attached hydrogens (tertiary/aromatic N) is 1. The van der Waals surface area contributed by atoms with Gasteiger partial charge in [0.2, 0.25) is 0 Å². The van der Waals surface area contributed by atoms with Crippen molar-refractivity contribution in [3.05, 3.63) is 24.0 Å². The number of anilines is 1. The van der Waals surface area contributed by atoms with Crippen LogP contribution in [0.3, 0.4) is 0 Å². The first-order valence-electron chi connectivity index (χ1n) is 6.27. The number of rotatable bonds is 5. The highest BCUT2D eigenvalue weighted by molar-refractivity contribution is 5.92. The third-order valence-electron chi connectivity index (χ3n) is 3.16. The molecule has 1 aliphatic carbocycles. The molecule has 0 radical (unpaired) electrons. The van der Waals surface area contributed by atoms with Crippen molar-refractivity contribution in [2.75, 3.05) is 5.32 Å². The number of carboxylic acid groups (broad SMARTS) is 1. The molecular formula is C13H17N3O3. The van der Waals surface area contributed by atoms with E-state index >= 15 is 0 Å². The van der Waals surface area contributed by atoms with Crippen molar-refractivity contribution in [1.82, 2.24) is 10.3 Å². The lowest BCUT2D eigenvalue weighted by molar-refractivity contribution is -0.139. The van der Waals surface area contributed by atoms with E-state index in [1.807, 2.05) is 6.92 Å². The third kappa shape index (κ3) is 3.94. The number of aliphatic carboxylic acids is 1. The number of carbonyl (C=O) groups is 2. The lowest BCUT2D eigenvalue weighted by Gasteiger charge is -2.15. The number of urea groups is 1. The minimum atomic E-state index is -0.995. The fourth-order valence-corrected chi connectivity index (χ4v) is 1.82. The molecule has 19 heavy (non-hydrogen) atoms. The van der Waals surface area contributed by atoms with Gasteiger partial charge in [-0.2, -0.15) is 0 Å². The largest absolute Gasteiger partial charge is 0.480 e. The van der Waals surface area contributed by atoms with Gasteiger partial charge < -0.3 is 15.7 Å². The van der Waals surface area contributed by atoms with Gasteiger partial charge in [-0.3, -0.25) is 4.98 Å². The number of hydrogen-bond donors (Lipinski definition) is 3. The van der Waals surface area contributed by atoms with Gasteiger partial charge in [0.1, 0.15) is 6.04 Å². The molecule has 1 aromatic heterocycles. The number of amides is 2. The minimum absolute atomic E-state index is 0.432. The average Bonchev–Trinajstić information content (AvgIpc) is 3.15. The molecule has 0 spiro atoms. The summed E-state index contributed by atoms with van der Waals surface area (Å²) in [4.78, 5) is 26.7. The Balaban J connectivity index is 1.91. The molecule has 1 fully saturated rings. The summed E-state index contributed by atoms with van der Waals surface area (Å²) in [7, 11) is 0. The predicted octanol–water partition coefficient (Wildman–Crippen LogP) is 1.76. The first-order chi connectivity index (χ1) is 9.06. The second-order valence-corrected chi connectivity index (χ2v) is 4.86. The number of aryl methyl sites for hydroxylation is 1. The maximum Gasteiger partial charge on any atom is 0.326 e. The van der Waals surface area contributed by atoms with Crippen molar-refractivity contribution in [2.24, 2.45) is 5.92 Å². The quantitative estimate of drug-likeness (QED) is 0.755. The summed E-state index contributed by atoms with van der Waals surface area (Å²) in [5.41, 5.74) is 1.45. The van der Waals surface area contributed by atoms with Crippen LogP contribution in [0.4, 0.5) is 10.5 Å². The Kier molecular flexibility index (Phi) is 3.99. The van der Waals surface area contributed by atoms with Crippen molar-refractivity contribution < 1.29 is 14.7 Å². The first kappa shape index (κ1) is 13.3. The molecule has 6 nitrogen and oxygen atoms in total. The van der Waals surface area contributed by atoms with E-state index in [1.165, 1.54) is 6.20 Å². The Bertz CT molecular complexity index is 486. The van der Waals surface area contributed by atoms with Gasteiger partial charge in [0.15, 0.2) is 0 Å². The molecule has 0 aliphatic heterocycles. The van der Waals surface area contributed by atoms with Crippen LogP contribution in [0.15, 0.2) is 18.5 Å². The first-order valence-corrected chi connectivity index (χ1v) is 6.27. The molecule has 1 saturated carbocycles. The molecule has 0 aromatic carbocycles. The Morgan fingerprint density at radius 2 is 2.26 bits per heavy atom. The zero-order valence-electron chi connectivity index (χ0n) is 10.7. The van der Waals surface area contributed by atoms with E-state index in [1.54, 1.807) is 12.3 Å². The van der Waals surface area contributed by atoms with Crippen LogP contribution in [0.1, 0.15) is 24.8 Å². The van der Waals surface area contributed by atoms with Crippen LogP contribution in [-0.4, -0.2) is 28.1 Å². The summed E-state index contributed by atoms with van der Waals surface area (Å²) in [6.07, 6.45) is 5.76. The van der Waals surface area contributed by atoms with Gasteiger partial charge in [-0.05, 0) is 30.9 Å². The zero-order valence-corrected chi connectivity index (χ0v) is 10.7. The number of carbonyl (C=O) groups excluding carboxylic acids is 1. The van der Waals surface area contributed by atoms with E-state index in [9.17, 15) is 9.59 Å². The Hall–Kier alpha value is -2.11. The fraction of sp³-hybridized carbons (Fsp3) is 0.462. The van der Waals surface area contributed by atoms with Crippen LogP contribution in [0.2, 0.25) is 0 Å². The van der Waals surface area contributed by atoms with E-state index in [-0.39, 0.29) is 0 Å². The van der Waals surface area contributed by atoms with Crippen LogP contribution in [-0.2, 0) is 4.79 Å². The van der Waals surface area contributed by atoms with Gasteiger partial charge in [-0.15, -0.1) is 0 Å². The molecule has 0 saturated heterocycles. The fourth-order valence-electron chi connectivity index (χ4n) is 1.82. The van der Waals surface area contributed by atoms with E-state index in [0.29, 0.717) is 18.0 Å². The van der Waals surface area contributed by atoms with Gasteiger partial charge >= 0.3 is 12.0 Å².